The summed E-state index contributed by atoms with van der Waals surface area (Å²) in [6, 6.07) is 3.38. The summed E-state index contributed by atoms with van der Waals surface area (Å²) in [6.07, 6.45) is -0.463. The van der Waals surface area contributed by atoms with Gasteiger partial charge in [0.1, 0.15) is 6.04 Å². The monoisotopic (exact) mass is 279 g/mol. The zero-order valence-corrected chi connectivity index (χ0v) is 11.3. The van der Waals surface area contributed by atoms with Crippen LogP contribution in [0.4, 0.5) is 10.5 Å². The minimum atomic E-state index is -1.35. The number of aliphatic carboxylic acids is 1. The van der Waals surface area contributed by atoms with Gasteiger partial charge in [-0.2, -0.15) is 0 Å². The molecule has 3 amide bonds. The highest BCUT2D eigenvalue weighted by molar-refractivity contribution is 5.93. The van der Waals surface area contributed by atoms with Gasteiger partial charge >= 0.3 is 12.0 Å². The van der Waals surface area contributed by atoms with Crippen molar-refractivity contribution in [3.63, 3.8) is 0 Å². The van der Waals surface area contributed by atoms with Crippen LogP contribution in [0.3, 0.4) is 0 Å². The molecule has 0 aliphatic rings. The Morgan fingerprint density at radius 2 is 1.75 bits per heavy atom. The molecule has 0 aliphatic carbocycles. The molecule has 5 N–H and O–H groups in total. The van der Waals surface area contributed by atoms with Crippen LogP contribution in [-0.4, -0.2) is 29.1 Å². The Kier molecular flexibility index (Phi) is 5.08. The third-order valence-corrected chi connectivity index (χ3v) is 2.49. The number of amides is 3. The van der Waals surface area contributed by atoms with E-state index in [0.717, 1.165) is 11.1 Å². The van der Waals surface area contributed by atoms with Crippen LogP contribution in [0.2, 0.25) is 0 Å². The van der Waals surface area contributed by atoms with Gasteiger partial charge in [0, 0.05) is 5.69 Å². The minimum Gasteiger partial charge on any atom is -0.480 e. The summed E-state index contributed by atoms with van der Waals surface area (Å²) < 4.78 is 0. The number of carboxylic acid groups (broad SMARTS) is 1. The molecule has 1 rings (SSSR count). The SMILES string of the molecule is Cc1cc(C)cc(NC(=O)N[C@H](CC(N)=O)C(=O)O)c1. The first-order valence-corrected chi connectivity index (χ1v) is 5.95. The minimum absolute atomic E-state index is 0.463. The fourth-order valence-corrected chi connectivity index (χ4v) is 1.77. The zero-order chi connectivity index (χ0) is 15.3. The lowest BCUT2D eigenvalue weighted by Gasteiger charge is -2.14. The van der Waals surface area contributed by atoms with Gasteiger partial charge in [0.15, 0.2) is 0 Å². The fourth-order valence-electron chi connectivity index (χ4n) is 1.77. The van der Waals surface area contributed by atoms with Gasteiger partial charge in [-0.3, -0.25) is 4.79 Å². The number of urea groups is 1. The van der Waals surface area contributed by atoms with E-state index in [1.54, 1.807) is 12.1 Å². The number of anilines is 1. The molecular formula is C13H17N3O4. The van der Waals surface area contributed by atoms with Gasteiger partial charge in [-0.1, -0.05) is 6.07 Å². The van der Waals surface area contributed by atoms with E-state index in [0.29, 0.717) is 5.69 Å². The Morgan fingerprint density at radius 1 is 1.20 bits per heavy atom. The molecule has 1 aromatic rings. The number of nitrogens with two attached hydrogens (primary N) is 1. The Hall–Kier alpha value is -2.57. The van der Waals surface area contributed by atoms with Crippen molar-refractivity contribution in [2.24, 2.45) is 5.73 Å². The summed E-state index contributed by atoms with van der Waals surface area (Å²) in [4.78, 5) is 33.3. The first-order valence-electron chi connectivity index (χ1n) is 5.95. The number of carbonyl (C=O) groups is 3. The van der Waals surface area contributed by atoms with Crippen molar-refractivity contribution < 1.29 is 19.5 Å². The van der Waals surface area contributed by atoms with Gasteiger partial charge in [-0.15, -0.1) is 0 Å². The van der Waals surface area contributed by atoms with E-state index < -0.39 is 30.4 Å². The molecule has 0 saturated heterocycles. The predicted molar refractivity (Wildman–Crippen MR) is 73.3 cm³/mol. The third kappa shape index (κ3) is 4.97. The summed E-state index contributed by atoms with van der Waals surface area (Å²) in [5, 5.41) is 13.6. The van der Waals surface area contributed by atoms with Gasteiger partial charge in [-0.05, 0) is 37.1 Å². The molecule has 0 bridgehead atoms. The normalized spacial score (nSPS) is 11.5. The van der Waals surface area contributed by atoms with Crippen molar-refractivity contribution in [1.29, 1.82) is 0 Å². The first kappa shape index (κ1) is 15.5. The number of rotatable bonds is 5. The summed E-state index contributed by atoms with van der Waals surface area (Å²) >= 11 is 0. The maximum absolute atomic E-state index is 11.7. The van der Waals surface area contributed by atoms with Crippen molar-refractivity contribution in [1.82, 2.24) is 5.32 Å². The molecule has 0 heterocycles. The van der Waals surface area contributed by atoms with Crippen molar-refractivity contribution in [2.75, 3.05) is 5.32 Å². The van der Waals surface area contributed by atoms with E-state index in [1.165, 1.54) is 0 Å². The maximum Gasteiger partial charge on any atom is 0.326 e. The average molecular weight is 279 g/mol. The van der Waals surface area contributed by atoms with Crippen LogP contribution in [0.1, 0.15) is 17.5 Å². The highest BCUT2D eigenvalue weighted by Gasteiger charge is 2.22. The van der Waals surface area contributed by atoms with Crippen LogP contribution >= 0.6 is 0 Å². The molecule has 0 aromatic heterocycles. The molecule has 20 heavy (non-hydrogen) atoms. The van der Waals surface area contributed by atoms with Crippen molar-refractivity contribution in [3.05, 3.63) is 29.3 Å². The van der Waals surface area contributed by atoms with Crippen LogP contribution in [-0.2, 0) is 9.59 Å². The number of hydrogen-bond donors (Lipinski definition) is 4. The van der Waals surface area contributed by atoms with Crippen molar-refractivity contribution >= 4 is 23.6 Å². The summed E-state index contributed by atoms with van der Waals surface area (Å²) in [7, 11) is 0. The predicted octanol–water partition coefficient (Wildman–Crippen LogP) is 0.754. The lowest BCUT2D eigenvalue weighted by molar-refractivity contribution is -0.140. The van der Waals surface area contributed by atoms with Gasteiger partial charge in [0.2, 0.25) is 5.91 Å². The highest BCUT2D eigenvalue weighted by atomic mass is 16.4. The molecule has 7 nitrogen and oxygen atoms in total. The van der Waals surface area contributed by atoms with Gasteiger partial charge in [0.05, 0.1) is 6.42 Å². The molecule has 0 fully saturated rings. The molecule has 0 saturated carbocycles. The smallest absolute Gasteiger partial charge is 0.326 e. The Labute approximate surface area is 116 Å². The standard InChI is InChI=1S/C13H17N3O4/c1-7-3-8(2)5-9(4-7)15-13(20)16-10(12(18)19)6-11(14)17/h3-5,10H,6H2,1-2H3,(H2,14,17)(H,18,19)(H2,15,16,20)/t10-/m1/s1. The highest BCUT2D eigenvalue weighted by Crippen LogP contribution is 2.13. The molecular weight excluding hydrogens is 262 g/mol. The van der Waals surface area contributed by atoms with Gasteiger partial charge in [-0.25, -0.2) is 9.59 Å². The molecule has 1 aromatic carbocycles. The van der Waals surface area contributed by atoms with E-state index in [1.807, 2.05) is 19.9 Å². The second kappa shape index (κ2) is 6.55. The van der Waals surface area contributed by atoms with Gasteiger partial charge in [0.25, 0.3) is 0 Å². The van der Waals surface area contributed by atoms with E-state index >= 15 is 0 Å². The summed E-state index contributed by atoms with van der Waals surface area (Å²) in [5.74, 6) is -2.12. The quantitative estimate of drug-likeness (QED) is 0.635. The van der Waals surface area contributed by atoms with Crippen LogP contribution in [0.5, 0.6) is 0 Å². The molecule has 0 unspecified atom stereocenters. The van der Waals surface area contributed by atoms with E-state index in [4.69, 9.17) is 10.8 Å². The topological polar surface area (TPSA) is 122 Å². The van der Waals surface area contributed by atoms with E-state index in [-0.39, 0.29) is 0 Å². The number of hydrogen-bond acceptors (Lipinski definition) is 3. The lowest BCUT2D eigenvalue weighted by Crippen LogP contribution is -2.45. The molecule has 0 radical (unpaired) electrons. The van der Waals surface area contributed by atoms with Gasteiger partial charge < -0.3 is 21.5 Å². The van der Waals surface area contributed by atoms with Crippen LogP contribution in [0.15, 0.2) is 18.2 Å². The Morgan fingerprint density at radius 3 is 2.20 bits per heavy atom. The first-order chi connectivity index (χ1) is 9.27. The fraction of sp³-hybridized carbons (Fsp3) is 0.308. The van der Waals surface area contributed by atoms with Crippen LogP contribution in [0, 0.1) is 13.8 Å². The van der Waals surface area contributed by atoms with E-state index in [2.05, 4.69) is 10.6 Å². The third-order valence-electron chi connectivity index (χ3n) is 2.49. The molecule has 108 valence electrons. The largest absolute Gasteiger partial charge is 0.480 e. The second-order valence-electron chi connectivity index (χ2n) is 4.54. The maximum atomic E-state index is 11.7. The lowest BCUT2D eigenvalue weighted by atomic mass is 10.1. The second-order valence-corrected chi connectivity index (χ2v) is 4.54. The summed E-state index contributed by atoms with van der Waals surface area (Å²) in [6.45, 7) is 3.76. The zero-order valence-electron chi connectivity index (χ0n) is 11.3. The molecule has 7 heteroatoms. The Balaban J connectivity index is 2.70. The number of nitrogens with one attached hydrogen (secondary N) is 2. The molecule has 1 atom stereocenters. The van der Waals surface area contributed by atoms with Crippen LogP contribution in [0.25, 0.3) is 0 Å². The number of aryl methyl sites for hydroxylation is 2. The number of primary amides is 1. The Bertz CT molecular complexity index is 522. The van der Waals surface area contributed by atoms with Crippen molar-refractivity contribution in [2.45, 2.75) is 26.3 Å². The summed E-state index contributed by atoms with van der Waals surface area (Å²) in [5.41, 5.74) is 7.40. The van der Waals surface area contributed by atoms with Crippen molar-refractivity contribution in [3.8, 4) is 0 Å². The molecule has 0 aliphatic heterocycles. The van der Waals surface area contributed by atoms with Crippen LogP contribution < -0.4 is 16.4 Å². The number of carboxylic acids is 1. The number of carbonyl (C=O) groups excluding carboxylic acids is 2. The average Bonchev–Trinajstić information content (AvgIpc) is 2.25. The van der Waals surface area contributed by atoms with E-state index in [9.17, 15) is 14.4 Å². The number of benzene rings is 1. The molecule has 0 spiro atoms.